The molecule has 1 aliphatic carbocycles. The molecule has 3 rings (SSSR count). The third-order valence-electron chi connectivity index (χ3n) is 5.43. The summed E-state index contributed by atoms with van der Waals surface area (Å²) in [6.45, 7) is 0.581. The van der Waals surface area contributed by atoms with Crippen LogP contribution in [0.15, 0.2) is 42.5 Å². The zero-order chi connectivity index (χ0) is 23.1. The van der Waals surface area contributed by atoms with Gasteiger partial charge in [0.05, 0.1) is 7.11 Å². The van der Waals surface area contributed by atoms with Crippen molar-refractivity contribution in [2.24, 2.45) is 0 Å². The minimum Gasteiger partial charge on any atom is -0.496 e. The Labute approximate surface area is 185 Å². The summed E-state index contributed by atoms with van der Waals surface area (Å²) in [4.78, 5) is 11.4. The van der Waals surface area contributed by atoms with E-state index in [2.05, 4.69) is 15.4 Å². The Morgan fingerprint density at radius 2 is 1.69 bits per heavy atom. The van der Waals surface area contributed by atoms with Gasteiger partial charge >= 0.3 is 12.5 Å². The molecule has 0 unspecified atom stereocenters. The normalized spacial score (nSPS) is 18.7. The molecule has 0 heterocycles. The predicted molar refractivity (Wildman–Crippen MR) is 114 cm³/mol. The van der Waals surface area contributed by atoms with Gasteiger partial charge in [0, 0.05) is 25.2 Å². The van der Waals surface area contributed by atoms with Gasteiger partial charge in [0.2, 0.25) is 0 Å². The van der Waals surface area contributed by atoms with Crippen molar-refractivity contribution >= 4 is 6.09 Å². The number of alkyl carbamates (subject to hydrolysis) is 1. The molecule has 0 aliphatic heterocycles. The van der Waals surface area contributed by atoms with Crippen LogP contribution in [0, 0.1) is 0 Å². The van der Waals surface area contributed by atoms with Crippen LogP contribution < -0.4 is 20.1 Å². The minimum atomic E-state index is -4.71. The van der Waals surface area contributed by atoms with E-state index in [-0.39, 0.29) is 11.9 Å². The van der Waals surface area contributed by atoms with Gasteiger partial charge in [-0.1, -0.05) is 18.2 Å². The minimum absolute atomic E-state index is 0.0600. The highest BCUT2D eigenvalue weighted by Crippen LogP contribution is 2.30. The molecule has 0 aromatic heterocycles. The Hall–Kier alpha value is -2.94. The molecular weight excluding hydrogens is 425 g/mol. The lowest BCUT2D eigenvalue weighted by Crippen LogP contribution is -2.36. The number of methoxy groups -OCH3 is 1. The first-order valence-electron chi connectivity index (χ1n) is 10.4. The summed E-state index contributed by atoms with van der Waals surface area (Å²) in [6.07, 6.45) is -1.79. The first-order valence-corrected chi connectivity index (χ1v) is 10.4. The number of benzene rings is 2. The first-order chi connectivity index (χ1) is 15.3. The fraction of sp³-hybridized carbons (Fsp3) is 0.435. The highest BCUT2D eigenvalue weighted by molar-refractivity contribution is 5.67. The standard InChI is InChI=1S/C23H27F3N2O4/c1-27-22(29)31-19-10-6-18(7-11-19)28-14-17-13-16(5-12-21(17)30-2)15-3-8-20(9-4-15)32-23(24,25)26/h3-5,8-9,12-13,18-19,28H,6-7,10-11,14H2,1-2H3,(H,27,29). The molecule has 6 nitrogen and oxygen atoms in total. The lowest BCUT2D eigenvalue weighted by molar-refractivity contribution is -0.274. The molecule has 1 saturated carbocycles. The zero-order valence-electron chi connectivity index (χ0n) is 18.0. The Kier molecular flexibility index (Phi) is 7.84. The number of carbonyl (C=O) groups is 1. The van der Waals surface area contributed by atoms with E-state index >= 15 is 0 Å². The van der Waals surface area contributed by atoms with Crippen LogP contribution in [0.3, 0.4) is 0 Å². The predicted octanol–water partition coefficient (Wildman–Crippen LogP) is 5.02. The van der Waals surface area contributed by atoms with Crippen molar-refractivity contribution in [1.29, 1.82) is 0 Å². The number of hydrogen-bond acceptors (Lipinski definition) is 5. The van der Waals surface area contributed by atoms with Crippen LogP contribution >= 0.6 is 0 Å². The fourth-order valence-electron chi connectivity index (χ4n) is 3.79. The van der Waals surface area contributed by atoms with Gasteiger partial charge in [-0.15, -0.1) is 13.2 Å². The molecular formula is C23H27F3N2O4. The molecule has 0 saturated heterocycles. The van der Waals surface area contributed by atoms with E-state index < -0.39 is 12.5 Å². The maximum absolute atomic E-state index is 12.4. The van der Waals surface area contributed by atoms with Gasteiger partial charge in [0.25, 0.3) is 0 Å². The van der Waals surface area contributed by atoms with Crippen molar-refractivity contribution in [2.45, 2.75) is 50.7 Å². The van der Waals surface area contributed by atoms with Crippen LogP contribution in [0.5, 0.6) is 11.5 Å². The molecule has 0 spiro atoms. The molecule has 9 heteroatoms. The summed E-state index contributed by atoms with van der Waals surface area (Å²) < 4.78 is 51.8. The maximum atomic E-state index is 12.4. The number of ether oxygens (including phenoxy) is 3. The number of alkyl halides is 3. The quantitative estimate of drug-likeness (QED) is 0.618. The van der Waals surface area contributed by atoms with Gasteiger partial charge in [-0.2, -0.15) is 0 Å². The number of carbonyl (C=O) groups excluding carboxylic acids is 1. The Morgan fingerprint density at radius 1 is 1.03 bits per heavy atom. The van der Waals surface area contributed by atoms with Crippen LogP contribution in [-0.2, 0) is 11.3 Å². The number of rotatable bonds is 7. The molecule has 2 aromatic rings. The van der Waals surface area contributed by atoms with Crippen LogP contribution in [-0.4, -0.2) is 38.8 Å². The Balaban J connectivity index is 1.61. The van der Waals surface area contributed by atoms with E-state index in [4.69, 9.17) is 9.47 Å². The van der Waals surface area contributed by atoms with E-state index in [9.17, 15) is 18.0 Å². The highest BCUT2D eigenvalue weighted by atomic mass is 19.4. The topological polar surface area (TPSA) is 68.8 Å². The van der Waals surface area contributed by atoms with Gasteiger partial charge in [-0.25, -0.2) is 4.79 Å². The lowest BCUT2D eigenvalue weighted by Gasteiger charge is -2.29. The van der Waals surface area contributed by atoms with E-state index in [1.165, 1.54) is 12.1 Å². The summed E-state index contributed by atoms with van der Waals surface area (Å²) in [5, 5.41) is 6.00. The molecule has 1 fully saturated rings. The van der Waals surface area contributed by atoms with Gasteiger partial charge < -0.3 is 24.8 Å². The average molecular weight is 452 g/mol. The molecule has 2 N–H and O–H groups in total. The van der Waals surface area contributed by atoms with E-state index in [0.717, 1.165) is 48.1 Å². The average Bonchev–Trinajstić information content (AvgIpc) is 2.78. The summed E-state index contributed by atoms with van der Waals surface area (Å²) in [6, 6.07) is 11.7. The van der Waals surface area contributed by atoms with E-state index in [1.807, 2.05) is 18.2 Å². The molecule has 1 aliphatic rings. The summed E-state index contributed by atoms with van der Waals surface area (Å²) >= 11 is 0. The first kappa shape index (κ1) is 23.7. The number of nitrogens with one attached hydrogen (secondary N) is 2. The smallest absolute Gasteiger partial charge is 0.496 e. The second kappa shape index (κ2) is 10.6. The molecule has 0 bridgehead atoms. The SMILES string of the molecule is CNC(=O)OC1CCC(NCc2cc(-c3ccc(OC(F)(F)F)cc3)ccc2OC)CC1. The molecule has 2 aromatic carbocycles. The maximum Gasteiger partial charge on any atom is 0.573 e. The van der Waals surface area contributed by atoms with Crippen LogP contribution in [0.25, 0.3) is 11.1 Å². The van der Waals surface area contributed by atoms with Crippen molar-refractivity contribution in [1.82, 2.24) is 10.6 Å². The molecule has 0 atom stereocenters. The van der Waals surface area contributed by atoms with Gasteiger partial charge in [-0.3, -0.25) is 0 Å². The summed E-state index contributed by atoms with van der Waals surface area (Å²) in [5.74, 6) is 0.475. The van der Waals surface area contributed by atoms with Gasteiger partial charge in [0.15, 0.2) is 0 Å². The highest BCUT2D eigenvalue weighted by Gasteiger charge is 2.31. The molecule has 0 radical (unpaired) electrons. The van der Waals surface area contributed by atoms with Crippen molar-refractivity contribution in [3.05, 3.63) is 48.0 Å². The van der Waals surface area contributed by atoms with Crippen LogP contribution in [0.4, 0.5) is 18.0 Å². The third kappa shape index (κ3) is 6.78. The van der Waals surface area contributed by atoms with Crippen molar-refractivity contribution in [3.8, 4) is 22.6 Å². The largest absolute Gasteiger partial charge is 0.573 e. The van der Waals surface area contributed by atoms with Crippen LogP contribution in [0.1, 0.15) is 31.2 Å². The van der Waals surface area contributed by atoms with Crippen molar-refractivity contribution in [2.75, 3.05) is 14.2 Å². The van der Waals surface area contributed by atoms with Crippen molar-refractivity contribution in [3.63, 3.8) is 0 Å². The molecule has 1 amide bonds. The van der Waals surface area contributed by atoms with E-state index in [1.54, 1.807) is 26.3 Å². The van der Waals surface area contributed by atoms with Crippen LogP contribution in [0.2, 0.25) is 0 Å². The Morgan fingerprint density at radius 3 is 2.28 bits per heavy atom. The monoisotopic (exact) mass is 452 g/mol. The Bertz CT molecular complexity index is 895. The lowest BCUT2D eigenvalue weighted by atomic mass is 9.92. The second-order valence-electron chi connectivity index (χ2n) is 7.61. The van der Waals surface area contributed by atoms with Crippen molar-refractivity contribution < 1.29 is 32.2 Å². The number of halogens is 3. The number of hydrogen-bond donors (Lipinski definition) is 2. The zero-order valence-corrected chi connectivity index (χ0v) is 18.0. The molecule has 174 valence electrons. The number of amides is 1. The second-order valence-corrected chi connectivity index (χ2v) is 7.61. The van der Waals surface area contributed by atoms with Gasteiger partial charge in [0.1, 0.15) is 17.6 Å². The summed E-state index contributed by atoms with van der Waals surface area (Å²) in [5.41, 5.74) is 2.59. The molecule has 32 heavy (non-hydrogen) atoms. The third-order valence-corrected chi connectivity index (χ3v) is 5.43. The van der Waals surface area contributed by atoms with Gasteiger partial charge in [-0.05, 0) is 61.1 Å². The fourth-order valence-corrected chi connectivity index (χ4v) is 3.79. The van der Waals surface area contributed by atoms with E-state index in [0.29, 0.717) is 12.6 Å². The summed E-state index contributed by atoms with van der Waals surface area (Å²) in [7, 11) is 3.14.